The molecule has 4 nitrogen and oxygen atoms in total. The van der Waals surface area contributed by atoms with Crippen molar-refractivity contribution in [1.82, 2.24) is 9.88 Å². The lowest BCUT2D eigenvalue weighted by atomic mass is 10.2. The molecule has 80 valence electrons. The van der Waals surface area contributed by atoms with Crippen molar-refractivity contribution >= 4 is 5.91 Å². The Balaban J connectivity index is 2.12. The number of rotatable bonds is 1. The van der Waals surface area contributed by atoms with Crippen molar-refractivity contribution in [3.05, 3.63) is 29.8 Å². The lowest BCUT2D eigenvalue weighted by Crippen LogP contribution is -2.40. The van der Waals surface area contributed by atoms with E-state index in [0.29, 0.717) is 26.3 Å². The van der Waals surface area contributed by atoms with Crippen LogP contribution in [0.15, 0.2) is 18.5 Å². The molecule has 1 aromatic heterocycles. The normalized spacial score (nSPS) is 16.5. The van der Waals surface area contributed by atoms with E-state index in [1.807, 2.05) is 0 Å². The molecule has 1 saturated heterocycles. The average Bonchev–Trinajstić information content (AvgIpc) is 2.29. The summed E-state index contributed by atoms with van der Waals surface area (Å²) in [4.78, 5) is 17.1. The van der Waals surface area contributed by atoms with E-state index >= 15 is 0 Å². The van der Waals surface area contributed by atoms with E-state index in [2.05, 4.69) is 4.98 Å². The molecule has 0 radical (unpaired) electrons. The average molecular weight is 210 g/mol. The number of hydrogen-bond donors (Lipinski definition) is 0. The third kappa shape index (κ3) is 2.30. The quantitative estimate of drug-likeness (QED) is 0.685. The highest BCUT2D eigenvalue weighted by Gasteiger charge is 2.18. The number of morpholine rings is 1. The molecule has 0 N–H and O–H groups in total. The molecule has 0 spiro atoms. The van der Waals surface area contributed by atoms with Crippen LogP contribution in [0.1, 0.15) is 10.4 Å². The number of nitrogens with zero attached hydrogens (tertiary/aromatic N) is 2. The summed E-state index contributed by atoms with van der Waals surface area (Å²) in [5, 5.41) is 0. The fourth-order valence-corrected chi connectivity index (χ4v) is 1.48. The predicted molar refractivity (Wildman–Crippen MR) is 50.9 cm³/mol. The van der Waals surface area contributed by atoms with E-state index in [4.69, 9.17) is 4.74 Å². The van der Waals surface area contributed by atoms with E-state index in [1.54, 1.807) is 4.90 Å². The first-order chi connectivity index (χ1) is 7.27. The molecule has 2 rings (SSSR count). The van der Waals surface area contributed by atoms with Gasteiger partial charge in [-0.05, 0) is 6.07 Å². The van der Waals surface area contributed by atoms with Gasteiger partial charge < -0.3 is 9.64 Å². The lowest BCUT2D eigenvalue weighted by molar-refractivity contribution is 0.0302. The molecule has 1 amide bonds. The first-order valence-corrected chi connectivity index (χ1v) is 4.75. The van der Waals surface area contributed by atoms with Gasteiger partial charge in [0.1, 0.15) is 5.82 Å². The summed E-state index contributed by atoms with van der Waals surface area (Å²) in [6, 6.07) is 1.20. The molecule has 0 saturated carbocycles. The summed E-state index contributed by atoms with van der Waals surface area (Å²) >= 11 is 0. The molecular weight excluding hydrogens is 199 g/mol. The number of carbonyl (C=O) groups excluding carboxylic acids is 1. The van der Waals surface area contributed by atoms with Crippen molar-refractivity contribution in [2.24, 2.45) is 0 Å². The zero-order valence-electron chi connectivity index (χ0n) is 8.15. The van der Waals surface area contributed by atoms with E-state index < -0.39 is 5.82 Å². The Kier molecular flexibility index (Phi) is 2.91. The molecular formula is C10H11FN2O2. The standard InChI is InChI=1S/C10H11FN2O2/c11-9-5-8(6-12-7-9)10(14)13-1-3-15-4-2-13/h5-7H,1-4H2. The van der Waals surface area contributed by atoms with Crippen LogP contribution in [0.4, 0.5) is 4.39 Å². The van der Waals surface area contributed by atoms with Gasteiger partial charge >= 0.3 is 0 Å². The molecule has 1 aromatic rings. The Bertz CT molecular complexity index is 364. The Morgan fingerprint density at radius 2 is 2.13 bits per heavy atom. The topological polar surface area (TPSA) is 42.4 Å². The number of halogens is 1. The molecule has 0 aliphatic carbocycles. The Labute approximate surface area is 86.7 Å². The monoisotopic (exact) mass is 210 g/mol. The lowest BCUT2D eigenvalue weighted by Gasteiger charge is -2.26. The van der Waals surface area contributed by atoms with Crippen molar-refractivity contribution in [2.75, 3.05) is 26.3 Å². The third-order valence-electron chi connectivity index (χ3n) is 2.25. The summed E-state index contributed by atoms with van der Waals surface area (Å²) in [6.45, 7) is 2.17. The first kappa shape index (κ1) is 10.0. The number of pyridine rings is 1. The molecule has 0 atom stereocenters. The first-order valence-electron chi connectivity index (χ1n) is 4.75. The van der Waals surface area contributed by atoms with Crippen molar-refractivity contribution in [2.45, 2.75) is 0 Å². The highest BCUT2D eigenvalue weighted by atomic mass is 19.1. The minimum atomic E-state index is -0.492. The van der Waals surface area contributed by atoms with Crippen molar-refractivity contribution in [3.63, 3.8) is 0 Å². The van der Waals surface area contributed by atoms with Gasteiger partial charge in [-0.1, -0.05) is 0 Å². The molecule has 5 heteroatoms. The highest BCUT2D eigenvalue weighted by Crippen LogP contribution is 2.07. The molecule has 0 bridgehead atoms. The van der Waals surface area contributed by atoms with Crippen molar-refractivity contribution in [1.29, 1.82) is 0 Å². The van der Waals surface area contributed by atoms with Gasteiger partial charge in [-0.25, -0.2) is 4.39 Å². The van der Waals surface area contributed by atoms with Gasteiger partial charge in [-0.2, -0.15) is 0 Å². The van der Waals surface area contributed by atoms with Crippen molar-refractivity contribution < 1.29 is 13.9 Å². The molecule has 15 heavy (non-hydrogen) atoms. The molecule has 1 aliphatic rings. The van der Waals surface area contributed by atoms with Crippen LogP contribution in [0, 0.1) is 5.82 Å². The Morgan fingerprint density at radius 1 is 1.40 bits per heavy atom. The van der Waals surface area contributed by atoms with E-state index in [1.165, 1.54) is 12.3 Å². The molecule has 0 unspecified atom stereocenters. The van der Waals surface area contributed by atoms with E-state index in [9.17, 15) is 9.18 Å². The third-order valence-corrected chi connectivity index (χ3v) is 2.25. The second-order valence-corrected chi connectivity index (χ2v) is 3.30. The number of hydrogen-bond acceptors (Lipinski definition) is 3. The predicted octanol–water partition coefficient (Wildman–Crippen LogP) is 0.693. The summed E-state index contributed by atoms with van der Waals surface area (Å²) in [7, 11) is 0. The smallest absolute Gasteiger partial charge is 0.255 e. The van der Waals surface area contributed by atoms with Crippen LogP contribution in [0.3, 0.4) is 0 Å². The van der Waals surface area contributed by atoms with Crippen LogP contribution in [0.2, 0.25) is 0 Å². The Hall–Kier alpha value is -1.49. The summed E-state index contributed by atoms with van der Waals surface area (Å²) < 4.78 is 18.0. The van der Waals surface area contributed by atoms with Gasteiger partial charge in [-0.3, -0.25) is 9.78 Å². The zero-order valence-corrected chi connectivity index (χ0v) is 8.15. The number of carbonyl (C=O) groups is 1. The van der Waals surface area contributed by atoms with Crippen LogP contribution in [0.25, 0.3) is 0 Å². The van der Waals surface area contributed by atoms with Gasteiger partial charge in [0.2, 0.25) is 0 Å². The van der Waals surface area contributed by atoms with E-state index in [-0.39, 0.29) is 11.5 Å². The second-order valence-electron chi connectivity index (χ2n) is 3.30. The highest BCUT2D eigenvalue weighted by molar-refractivity contribution is 5.93. The van der Waals surface area contributed by atoms with Gasteiger partial charge in [0.05, 0.1) is 25.0 Å². The van der Waals surface area contributed by atoms with E-state index in [0.717, 1.165) is 6.20 Å². The minimum absolute atomic E-state index is 0.190. The van der Waals surface area contributed by atoms with Crippen LogP contribution >= 0.6 is 0 Å². The van der Waals surface area contributed by atoms with Crippen LogP contribution in [-0.4, -0.2) is 42.1 Å². The van der Waals surface area contributed by atoms with Gasteiger partial charge in [0, 0.05) is 19.3 Å². The maximum Gasteiger partial charge on any atom is 0.255 e. The SMILES string of the molecule is O=C(c1cncc(F)c1)N1CCOCC1. The molecule has 1 aliphatic heterocycles. The number of amides is 1. The summed E-state index contributed by atoms with van der Waals surface area (Å²) in [5.41, 5.74) is 0.289. The van der Waals surface area contributed by atoms with Crippen molar-refractivity contribution in [3.8, 4) is 0 Å². The minimum Gasteiger partial charge on any atom is -0.378 e. The molecule has 1 fully saturated rings. The second kappa shape index (κ2) is 4.35. The van der Waals surface area contributed by atoms with Gasteiger partial charge in [0.15, 0.2) is 0 Å². The number of aromatic nitrogens is 1. The maximum absolute atomic E-state index is 12.8. The fraction of sp³-hybridized carbons (Fsp3) is 0.400. The maximum atomic E-state index is 12.8. The summed E-state index contributed by atoms with van der Waals surface area (Å²) in [5.74, 6) is -0.681. The number of ether oxygens (including phenoxy) is 1. The van der Waals surface area contributed by atoms with Crippen LogP contribution < -0.4 is 0 Å². The van der Waals surface area contributed by atoms with Gasteiger partial charge in [-0.15, -0.1) is 0 Å². The van der Waals surface area contributed by atoms with Gasteiger partial charge in [0.25, 0.3) is 5.91 Å². The zero-order chi connectivity index (χ0) is 10.7. The molecule has 2 heterocycles. The summed E-state index contributed by atoms with van der Waals surface area (Å²) in [6.07, 6.45) is 2.46. The largest absolute Gasteiger partial charge is 0.378 e. The molecule has 0 aromatic carbocycles. The van der Waals surface area contributed by atoms with Crippen LogP contribution in [0.5, 0.6) is 0 Å². The Morgan fingerprint density at radius 3 is 2.80 bits per heavy atom. The van der Waals surface area contributed by atoms with Crippen LogP contribution in [-0.2, 0) is 4.74 Å². The fourth-order valence-electron chi connectivity index (χ4n) is 1.48.